The first kappa shape index (κ1) is 27.1. The lowest BCUT2D eigenvalue weighted by Crippen LogP contribution is -2.41. The molecule has 40 heavy (non-hydrogen) atoms. The number of ether oxygens (including phenoxy) is 2. The zero-order chi connectivity index (χ0) is 28.4. The van der Waals surface area contributed by atoms with Gasteiger partial charge in [0.15, 0.2) is 23.1 Å². The molecular formula is C30H30N2O8. The quantitative estimate of drug-likeness (QED) is 0.338. The van der Waals surface area contributed by atoms with Gasteiger partial charge in [-0.25, -0.2) is 0 Å². The fourth-order valence-corrected chi connectivity index (χ4v) is 5.84. The Morgan fingerprint density at radius 3 is 2.12 bits per heavy atom. The number of nitro groups is 1. The van der Waals surface area contributed by atoms with Gasteiger partial charge < -0.3 is 19.5 Å². The van der Waals surface area contributed by atoms with Crippen molar-refractivity contribution >= 4 is 23.2 Å². The lowest BCUT2D eigenvalue weighted by atomic mass is 9.71. The summed E-state index contributed by atoms with van der Waals surface area (Å²) >= 11 is 0. The monoisotopic (exact) mass is 546 g/mol. The van der Waals surface area contributed by atoms with Crippen molar-refractivity contribution in [1.82, 2.24) is 4.90 Å². The van der Waals surface area contributed by atoms with Crippen LogP contribution in [0.25, 0.3) is 0 Å². The molecule has 5 rings (SSSR count). The highest BCUT2D eigenvalue weighted by Crippen LogP contribution is 2.50. The van der Waals surface area contributed by atoms with Gasteiger partial charge in [0.05, 0.1) is 11.5 Å². The number of ketones is 2. The summed E-state index contributed by atoms with van der Waals surface area (Å²) in [7, 11) is 0. The van der Waals surface area contributed by atoms with Crippen molar-refractivity contribution in [2.75, 3.05) is 13.2 Å². The summed E-state index contributed by atoms with van der Waals surface area (Å²) in [5.74, 6) is -0.836. The van der Waals surface area contributed by atoms with Gasteiger partial charge in [-0.15, -0.1) is 0 Å². The molecule has 1 heterocycles. The first-order chi connectivity index (χ1) is 19.3. The number of Topliss-reactive ketones (excluding diaryl/α,β-unsaturated/α-hetero) is 2. The number of hydrogen-bond donors (Lipinski definition) is 1. The first-order valence-electron chi connectivity index (χ1n) is 13.4. The second kappa shape index (κ2) is 11.3. The van der Waals surface area contributed by atoms with E-state index < -0.39 is 16.8 Å². The second-order valence-corrected chi connectivity index (χ2v) is 10.0. The van der Waals surface area contributed by atoms with E-state index in [1.54, 1.807) is 29.2 Å². The number of allylic oxidation sites excluding steroid dienone is 4. The van der Waals surface area contributed by atoms with Gasteiger partial charge in [-0.05, 0) is 68.0 Å². The number of nitro benzene ring substituents is 1. The molecule has 0 spiro atoms. The summed E-state index contributed by atoms with van der Waals surface area (Å²) in [6, 6.07) is 11.5. The second-order valence-electron chi connectivity index (χ2n) is 10.0. The van der Waals surface area contributed by atoms with Crippen molar-refractivity contribution in [3.05, 3.63) is 86.2 Å². The minimum atomic E-state index is -1.01. The highest BCUT2D eigenvalue weighted by molar-refractivity contribution is 6.06. The smallest absolute Gasteiger partial charge is 0.323 e. The molecule has 2 aromatic rings. The molecule has 10 nitrogen and oxygen atoms in total. The highest BCUT2D eigenvalue weighted by atomic mass is 16.6. The third-order valence-electron chi connectivity index (χ3n) is 7.52. The third kappa shape index (κ3) is 5.21. The van der Waals surface area contributed by atoms with Crippen LogP contribution in [0.3, 0.4) is 0 Å². The Hall–Kier alpha value is -4.47. The van der Waals surface area contributed by atoms with Crippen molar-refractivity contribution in [3.8, 4) is 11.5 Å². The molecule has 0 fully saturated rings. The molecule has 0 unspecified atom stereocenters. The zero-order valence-corrected chi connectivity index (χ0v) is 22.2. The highest BCUT2D eigenvalue weighted by Gasteiger charge is 2.43. The van der Waals surface area contributed by atoms with E-state index in [4.69, 9.17) is 9.47 Å². The number of non-ortho nitro benzene ring substituents is 1. The van der Waals surface area contributed by atoms with Crippen LogP contribution < -0.4 is 9.47 Å². The topological polar surface area (TPSA) is 136 Å². The molecule has 0 saturated carbocycles. The fraction of sp³-hybridized carbons (Fsp3) is 0.367. The van der Waals surface area contributed by atoms with Crippen LogP contribution in [0.1, 0.15) is 62.5 Å². The summed E-state index contributed by atoms with van der Waals surface area (Å²) in [6.45, 7) is 2.07. The van der Waals surface area contributed by atoms with Crippen molar-refractivity contribution in [1.29, 1.82) is 0 Å². The van der Waals surface area contributed by atoms with Gasteiger partial charge in [0.1, 0.15) is 13.2 Å². The molecule has 208 valence electrons. The number of benzene rings is 2. The molecule has 0 atom stereocenters. The van der Waals surface area contributed by atoms with Crippen LogP contribution in [-0.4, -0.2) is 45.6 Å². The zero-order valence-electron chi connectivity index (χ0n) is 22.2. The van der Waals surface area contributed by atoms with Crippen molar-refractivity contribution < 1.29 is 33.9 Å². The summed E-state index contributed by atoms with van der Waals surface area (Å²) in [5.41, 5.74) is 3.86. The number of aliphatic carboxylic acids is 1. The average Bonchev–Trinajstić information content (AvgIpc) is 2.93. The first-order valence-corrected chi connectivity index (χ1v) is 13.4. The van der Waals surface area contributed by atoms with E-state index in [2.05, 4.69) is 0 Å². The van der Waals surface area contributed by atoms with Crippen molar-refractivity contribution in [2.24, 2.45) is 0 Å². The molecule has 2 aromatic carbocycles. The van der Waals surface area contributed by atoms with Gasteiger partial charge in [-0.2, -0.15) is 0 Å². The summed E-state index contributed by atoms with van der Waals surface area (Å²) in [5, 5.41) is 20.6. The van der Waals surface area contributed by atoms with Gasteiger partial charge in [0, 0.05) is 53.4 Å². The van der Waals surface area contributed by atoms with Crippen LogP contribution in [0.15, 0.2) is 65.0 Å². The van der Waals surface area contributed by atoms with E-state index in [0.717, 1.165) is 5.56 Å². The molecule has 0 bridgehead atoms. The summed E-state index contributed by atoms with van der Waals surface area (Å²) in [6.07, 6.45) is 3.12. The Labute approximate surface area is 231 Å². The third-order valence-corrected chi connectivity index (χ3v) is 7.52. The number of carbonyl (C=O) groups excluding carboxylic acids is 2. The molecular weight excluding hydrogens is 516 g/mol. The Kier molecular flexibility index (Phi) is 7.68. The molecule has 0 radical (unpaired) electrons. The van der Waals surface area contributed by atoms with Crippen LogP contribution in [0.5, 0.6) is 11.5 Å². The van der Waals surface area contributed by atoms with Crippen LogP contribution in [0, 0.1) is 10.1 Å². The van der Waals surface area contributed by atoms with E-state index >= 15 is 0 Å². The van der Waals surface area contributed by atoms with Crippen molar-refractivity contribution in [2.45, 2.75) is 58.0 Å². The van der Waals surface area contributed by atoms with Crippen LogP contribution in [0.4, 0.5) is 5.69 Å². The van der Waals surface area contributed by atoms with E-state index in [-0.39, 0.29) is 30.4 Å². The van der Waals surface area contributed by atoms with Crippen LogP contribution >= 0.6 is 0 Å². The molecule has 1 aliphatic heterocycles. The molecule has 1 N–H and O–H groups in total. The maximum Gasteiger partial charge on any atom is 0.323 e. The van der Waals surface area contributed by atoms with Gasteiger partial charge >= 0.3 is 5.97 Å². The average molecular weight is 547 g/mol. The van der Waals surface area contributed by atoms with E-state index in [1.807, 2.05) is 13.0 Å². The number of nitrogens with zero attached hydrogens (tertiary/aromatic N) is 2. The minimum absolute atomic E-state index is 0.00521. The summed E-state index contributed by atoms with van der Waals surface area (Å²) in [4.78, 5) is 50.7. The van der Waals surface area contributed by atoms with E-state index in [1.165, 1.54) is 12.1 Å². The molecule has 0 amide bonds. The van der Waals surface area contributed by atoms with Crippen LogP contribution in [0.2, 0.25) is 0 Å². The fourth-order valence-electron chi connectivity index (χ4n) is 5.84. The Morgan fingerprint density at radius 1 is 0.950 bits per heavy atom. The predicted molar refractivity (Wildman–Crippen MR) is 144 cm³/mol. The Balaban J connectivity index is 1.53. The SMILES string of the molecule is CCOc1cc(C2C3=C(CCCC3=O)N(CC(=O)O)C3=C2C(=O)CCC3)ccc1OCc1ccc([N+](=O)[O-])cc1. The Bertz CT molecular complexity index is 1400. The van der Waals surface area contributed by atoms with E-state index in [9.17, 15) is 29.6 Å². The number of rotatable bonds is 9. The van der Waals surface area contributed by atoms with Gasteiger partial charge in [-0.1, -0.05) is 6.07 Å². The molecule has 3 aliphatic rings. The van der Waals surface area contributed by atoms with Crippen LogP contribution in [-0.2, 0) is 21.0 Å². The standard InChI is InChI=1S/C30H30N2O8/c1-2-39-26-15-19(11-14-25(26)40-17-18-9-12-20(13-10-18)32(37)38)28-29-21(5-3-7-23(29)33)31(16-27(35)36)22-6-4-8-24(34)30(22)28/h9-15,28H,2-8,16-17H2,1H3,(H,35,36). The molecule has 0 aromatic heterocycles. The number of carbonyl (C=O) groups is 3. The number of carboxylic acid groups (broad SMARTS) is 1. The Morgan fingerprint density at radius 2 is 1.57 bits per heavy atom. The maximum absolute atomic E-state index is 13.4. The van der Waals surface area contributed by atoms with Gasteiger partial charge in [0.2, 0.25) is 0 Å². The number of hydrogen-bond acceptors (Lipinski definition) is 8. The normalized spacial score (nSPS) is 17.5. The largest absolute Gasteiger partial charge is 0.490 e. The number of carboxylic acids is 1. The van der Waals surface area contributed by atoms with E-state index in [0.29, 0.717) is 84.7 Å². The molecule has 2 aliphatic carbocycles. The minimum Gasteiger partial charge on any atom is -0.490 e. The maximum atomic E-state index is 13.4. The molecule has 0 saturated heterocycles. The lowest BCUT2D eigenvalue weighted by molar-refractivity contribution is -0.384. The lowest BCUT2D eigenvalue weighted by Gasteiger charge is -2.43. The van der Waals surface area contributed by atoms with Crippen molar-refractivity contribution in [3.63, 3.8) is 0 Å². The summed E-state index contributed by atoms with van der Waals surface area (Å²) < 4.78 is 11.9. The predicted octanol–water partition coefficient (Wildman–Crippen LogP) is 5.07. The van der Waals surface area contributed by atoms with Gasteiger partial charge in [0.25, 0.3) is 5.69 Å². The molecule has 10 heteroatoms. The van der Waals surface area contributed by atoms with Gasteiger partial charge in [-0.3, -0.25) is 24.5 Å².